The Morgan fingerprint density at radius 3 is 2.88 bits per heavy atom. The molecule has 2 aromatic rings. The first-order chi connectivity index (χ1) is 15.6. The Balaban J connectivity index is 1.61. The van der Waals surface area contributed by atoms with Crippen LogP contribution in [0.2, 0.25) is 0 Å². The van der Waals surface area contributed by atoms with Crippen LogP contribution in [-0.4, -0.2) is 33.8 Å². The third-order valence-corrected chi connectivity index (χ3v) is 7.31. The van der Waals surface area contributed by atoms with Gasteiger partial charge >= 0.3 is 0 Å². The third-order valence-electron chi connectivity index (χ3n) is 6.00. The number of aryl methyl sites for hydroxylation is 1. The molecule has 1 aromatic carbocycles. The molecule has 10 heteroatoms. The Kier molecular flexibility index (Phi) is 5.78. The van der Waals surface area contributed by atoms with Crippen LogP contribution in [0.15, 0.2) is 35.5 Å². The molecule has 1 aromatic heterocycles. The lowest BCUT2D eigenvalue weighted by atomic mass is 9.85. The van der Waals surface area contributed by atoms with Crippen molar-refractivity contribution in [1.29, 1.82) is 0 Å². The molecule has 4 rings (SSSR count). The summed E-state index contributed by atoms with van der Waals surface area (Å²) in [6.45, 7) is 3.36. The highest BCUT2D eigenvalue weighted by atomic mass is 32.2. The second-order valence-corrected chi connectivity index (χ2v) is 9.57. The maximum Gasteiger partial charge on any atom is 0.274 e. The number of aromatic nitrogens is 1. The van der Waals surface area contributed by atoms with Crippen molar-refractivity contribution < 1.29 is 22.7 Å². The Morgan fingerprint density at radius 1 is 1.45 bits per heavy atom. The number of hydrogen-bond donors (Lipinski definition) is 2. The number of anilines is 1. The van der Waals surface area contributed by atoms with E-state index in [-0.39, 0.29) is 35.1 Å². The van der Waals surface area contributed by atoms with Crippen LogP contribution in [0, 0.1) is 31.0 Å². The van der Waals surface area contributed by atoms with Gasteiger partial charge in [-0.2, -0.15) is 0 Å². The molecule has 0 radical (unpaired) electrons. The number of terminal acetylenes is 1. The number of pyridine rings is 1. The largest absolute Gasteiger partial charge is 0.479 e. The molecule has 1 fully saturated rings. The SMILES string of the molecule is C#CCOc1cnc(C(=O)Nc2ccc(F)c([C@@]3(C)N=C(N)S[C@@]4(C(F)F)CC43)c2)c(C)c1. The van der Waals surface area contributed by atoms with Crippen LogP contribution >= 0.6 is 11.8 Å². The van der Waals surface area contributed by atoms with Crippen molar-refractivity contribution in [2.75, 3.05) is 11.9 Å². The predicted molar refractivity (Wildman–Crippen MR) is 121 cm³/mol. The first-order valence-corrected chi connectivity index (χ1v) is 10.9. The van der Waals surface area contributed by atoms with E-state index in [1.807, 2.05) is 0 Å². The second kappa shape index (κ2) is 8.30. The number of rotatable bonds is 6. The van der Waals surface area contributed by atoms with Crippen LogP contribution in [0.5, 0.6) is 5.75 Å². The number of nitrogens with one attached hydrogen (secondary N) is 1. The number of amides is 1. The number of nitrogens with zero attached hydrogens (tertiary/aromatic N) is 2. The van der Waals surface area contributed by atoms with Gasteiger partial charge in [0, 0.05) is 17.2 Å². The molecule has 1 amide bonds. The smallest absolute Gasteiger partial charge is 0.274 e. The normalized spacial score (nSPS) is 25.6. The number of benzene rings is 1. The van der Waals surface area contributed by atoms with Crippen molar-refractivity contribution in [3.05, 3.63) is 53.1 Å². The molecule has 0 saturated heterocycles. The van der Waals surface area contributed by atoms with E-state index in [0.717, 1.165) is 11.8 Å². The number of halogens is 3. The summed E-state index contributed by atoms with van der Waals surface area (Å²) in [7, 11) is 0. The summed E-state index contributed by atoms with van der Waals surface area (Å²) in [6, 6.07) is 5.60. The molecule has 33 heavy (non-hydrogen) atoms. The van der Waals surface area contributed by atoms with Crippen LogP contribution in [0.3, 0.4) is 0 Å². The second-order valence-electron chi connectivity index (χ2n) is 8.19. The topological polar surface area (TPSA) is 89.6 Å². The summed E-state index contributed by atoms with van der Waals surface area (Å²) in [6.07, 6.45) is 4.10. The van der Waals surface area contributed by atoms with Crippen LogP contribution in [0.25, 0.3) is 0 Å². The molecule has 2 heterocycles. The lowest BCUT2D eigenvalue weighted by Gasteiger charge is -2.34. The molecule has 1 aliphatic carbocycles. The van der Waals surface area contributed by atoms with E-state index in [2.05, 4.69) is 21.2 Å². The summed E-state index contributed by atoms with van der Waals surface area (Å²) in [5.74, 6) is 1.06. The third kappa shape index (κ3) is 4.02. The summed E-state index contributed by atoms with van der Waals surface area (Å²) in [5.41, 5.74) is 5.65. The number of hydrogen-bond acceptors (Lipinski definition) is 6. The molecule has 3 atom stereocenters. The number of carbonyl (C=O) groups excluding carboxylic acids is 1. The van der Waals surface area contributed by atoms with E-state index >= 15 is 0 Å². The van der Waals surface area contributed by atoms with E-state index in [1.165, 1.54) is 24.4 Å². The molecular weight excluding hydrogens is 453 g/mol. The number of aliphatic imine (C=N–C) groups is 1. The van der Waals surface area contributed by atoms with Crippen LogP contribution < -0.4 is 15.8 Å². The highest BCUT2D eigenvalue weighted by molar-refractivity contribution is 8.15. The number of carbonyl (C=O) groups is 1. The molecule has 0 bridgehead atoms. The van der Waals surface area contributed by atoms with Gasteiger partial charge in [0.25, 0.3) is 12.3 Å². The molecule has 2 aliphatic rings. The Morgan fingerprint density at radius 2 is 2.21 bits per heavy atom. The molecular formula is C23H21F3N4O2S. The number of thioether (sulfide) groups is 1. The van der Waals surface area contributed by atoms with E-state index < -0.39 is 34.4 Å². The summed E-state index contributed by atoms with van der Waals surface area (Å²) in [4.78, 5) is 21.3. The number of amidine groups is 1. The van der Waals surface area contributed by atoms with Gasteiger partial charge in [0.15, 0.2) is 5.17 Å². The maximum absolute atomic E-state index is 14.9. The zero-order valence-corrected chi connectivity index (χ0v) is 18.7. The van der Waals surface area contributed by atoms with E-state index in [4.69, 9.17) is 16.9 Å². The molecule has 0 spiro atoms. The lowest BCUT2D eigenvalue weighted by molar-refractivity contribution is 0.102. The maximum atomic E-state index is 14.9. The molecule has 172 valence electrons. The predicted octanol–water partition coefficient (Wildman–Crippen LogP) is 4.09. The highest BCUT2D eigenvalue weighted by Gasteiger charge is 2.71. The minimum absolute atomic E-state index is 0.00708. The van der Waals surface area contributed by atoms with Crippen molar-refractivity contribution in [3.63, 3.8) is 0 Å². The average Bonchev–Trinajstić information content (AvgIpc) is 3.50. The van der Waals surface area contributed by atoms with E-state index in [1.54, 1.807) is 19.9 Å². The van der Waals surface area contributed by atoms with Crippen LogP contribution in [0.4, 0.5) is 18.9 Å². The minimum atomic E-state index is -2.62. The fraction of sp³-hybridized carbons (Fsp3) is 0.348. The molecule has 1 saturated carbocycles. The van der Waals surface area contributed by atoms with E-state index in [9.17, 15) is 18.0 Å². The Bertz CT molecular complexity index is 1200. The lowest BCUT2D eigenvalue weighted by Crippen LogP contribution is -2.38. The van der Waals surface area contributed by atoms with Gasteiger partial charge < -0.3 is 15.8 Å². The quantitative estimate of drug-likeness (QED) is 0.616. The van der Waals surface area contributed by atoms with Crippen molar-refractivity contribution in [3.8, 4) is 18.1 Å². The highest BCUT2D eigenvalue weighted by Crippen LogP contribution is 2.68. The molecule has 1 unspecified atom stereocenters. The zero-order chi connectivity index (χ0) is 24.0. The minimum Gasteiger partial charge on any atom is -0.479 e. The standard InChI is InChI=1S/C23H21F3N4O2S/c1-4-7-32-14-8-12(2)18(28-11-14)19(31)29-13-5-6-16(24)15(9-13)22(3)17-10-23(17,20(25)26)33-21(27)30-22/h1,5-6,8-9,11,17,20H,7,10H2,2-3H3,(H2,27,30)(H,29,31)/t17?,22-,23+/m1/s1. The van der Waals surface area contributed by atoms with Crippen molar-refractivity contribution >= 4 is 28.5 Å². The van der Waals surface area contributed by atoms with E-state index in [0.29, 0.717) is 11.3 Å². The first-order valence-electron chi connectivity index (χ1n) is 10.1. The Labute approximate surface area is 193 Å². The van der Waals surface area contributed by atoms with Crippen LogP contribution in [0.1, 0.15) is 35.0 Å². The summed E-state index contributed by atoms with van der Waals surface area (Å²) < 4.78 is 46.3. The van der Waals surface area contributed by atoms with Gasteiger partial charge in [0.2, 0.25) is 0 Å². The monoisotopic (exact) mass is 474 g/mol. The summed E-state index contributed by atoms with van der Waals surface area (Å²) >= 11 is 0.850. The van der Waals surface area contributed by atoms with Gasteiger partial charge in [-0.15, -0.1) is 6.42 Å². The number of fused-ring (bicyclic) bond motifs is 1. The van der Waals surface area contributed by atoms with Gasteiger partial charge in [0.05, 0.1) is 16.5 Å². The number of nitrogens with two attached hydrogens (primary N) is 1. The van der Waals surface area contributed by atoms with Crippen molar-refractivity contribution in [2.45, 2.75) is 37.0 Å². The Hall–Kier alpha value is -3.19. The fourth-order valence-corrected chi connectivity index (χ4v) is 5.61. The van der Waals surface area contributed by atoms with Gasteiger partial charge in [-0.25, -0.2) is 18.2 Å². The van der Waals surface area contributed by atoms with Gasteiger partial charge in [-0.3, -0.25) is 9.79 Å². The summed E-state index contributed by atoms with van der Waals surface area (Å²) in [5, 5.41) is 2.68. The van der Waals surface area contributed by atoms with Crippen LogP contribution in [-0.2, 0) is 5.54 Å². The van der Waals surface area contributed by atoms with Crippen molar-refractivity contribution in [1.82, 2.24) is 4.98 Å². The molecule has 3 N–H and O–H groups in total. The van der Waals surface area contributed by atoms with Gasteiger partial charge in [0.1, 0.15) is 23.9 Å². The fourth-order valence-electron chi connectivity index (χ4n) is 4.28. The molecule has 6 nitrogen and oxygen atoms in total. The number of alkyl halides is 2. The molecule has 1 aliphatic heterocycles. The van der Waals surface area contributed by atoms with Crippen molar-refractivity contribution in [2.24, 2.45) is 16.6 Å². The van der Waals surface area contributed by atoms with Gasteiger partial charge in [-0.1, -0.05) is 17.7 Å². The first kappa shape index (κ1) is 23.0. The number of ether oxygens (including phenoxy) is 1. The van der Waals surface area contributed by atoms with Gasteiger partial charge in [-0.05, 0) is 50.1 Å². The average molecular weight is 475 g/mol. The zero-order valence-electron chi connectivity index (χ0n) is 17.9.